The largest absolute Gasteiger partial charge is 0.369 e. The molecule has 2 aromatic rings. The Balaban J connectivity index is 1.73. The van der Waals surface area contributed by atoms with Gasteiger partial charge in [-0.05, 0) is 13.8 Å². The summed E-state index contributed by atoms with van der Waals surface area (Å²) < 4.78 is 7.71. The van der Waals surface area contributed by atoms with Gasteiger partial charge in [-0.1, -0.05) is 0 Å². The van der Waals surface area contributed by atoms with Crippen LogP contribution in [0.1, 0.15) is 47.4 Å². The number of amides is 1. The van der Waals surface area contributed by atoms with Crippen molar-refractivity contribution in [2.24, 2.45) is 7.05 Å². The number of nitrogens with zero attached hydrogens (tertiary/aromatic N) is 4. The van der Waals surface area contributed by atoms with Gasteiger partial charge in [0, 0.05) is 33.1 Å². The van der Waals surface area contributed by atoms with Crippen LogP contribution in [0.5, 0.6) is 0 Å². The molecule has 24 heavy (non-hydrogen) atoms. The van der Waals surface area contributed by atoms with Crippen LogP contribution in [0.3, 0.4) is 0 Å². The first-order valence-electron chi connectivity index (χ1n) is 8.07. The highest BCUT2D eigenvalue weighted by Crippen LogP contribution is 2.30. The lowest BCUT2D eigenvalue weighted by molar-refractivity contribution is -0.00697. The lowest BCUT2D eigenvalue weighted by Crippen LogP contribution is -2.28. The predicted molar refractivity (Wildman–Crippen MR) is 90.0 cm³/mol. The van der Waals surface area contributed by atoms with Crippen molar-refractivity contribution in [1.29, 1.82) is 0 Å². The van der Waals surface area contributed by atoms with Crippen molar-refractivity contribution in [3.05, 3.63) is 28.8 Å². The number of anilines is 1. The number of fused-ring (bicyclic) bond motifs is 1. The van der Waals surface area contributed by atoms with Gasteiger partial charge in [-0.3, -0.25) is 9.89 Å². The molecule has 130 valence electrons. The third kappa shape index (κ3) is 2.89. The van der Waals surface area contributed by atoms with E-state index in [1.54, 1.807) is 6.20 Å². The number of rotatable bonds is 4. The van der Waals surface area contributed by atoms with E-state index in [1.807, 2.05) is 44.5 Å². The number of H-pyrrole nitrogens is 1. The van der Waals surface area contributed by atoms with Crippen LogP contribution >= 0.6 is 0 Å². The molecule has 1 aliphatic rings. The van der Waals surface area contributed by atoms with Crippen molar-refractivity contribution in [2.45, 2.75) is 39.0 Å². The Labute approximate surface area is 141 Å². The molecule has 0 saturated carbocycles. The van der Waals surface area contributed by atoms with E-state index in [2.05, 4.69) is 20.5 Å². The number of aromatic amines is 1. The number of carbonyl (C=O) groups is 1. The topological polar surface area (TPSA) is 88.1 Å². The zero-order chi connectivity index (χ0) is 17.4. The lowest BCUT2D eigenvalue weighted by Gasteiger charge is -2.25. The van der Waals surface area contributed by atoms with Gasteiger partial charge >= 0.3 is 0 Å². The number of carbonyl (C=O) groups excluding carboxylic acids is 1. The first-order valence-corrected chi connectivity index (χ1v) is 8.07. The van der Waals surface area contributed by atoms with Crippen molar-refractivity contribution >= 4 is 11.9 Å². The Morgan fingerprint density at radius 3 is 2.92 bits per heavy atom. The third-order valence-corrected chi connectivity index (χ3v) is 4.34. The third-order valence-electron chi connectivity index (χ3n) is 4.34. The molecule has 3 heterocycles. The molecule has 8 nitrogen and oxygen atoms in total. The van der Waals surface area contributed by atoms with Crippen LogP contribution in [-0.4, -0.2) is 45.9 Å². The Morgan fingerprint density at radius 2 is 2.25 bits per heavy atom. The quantitative estimate of drug-likeness (QED) is 0.877. The molecule has 2 atom stereocenters. The molecule has 1 aliphatic heterocycles. The molecule has 3 rings (SSSR count). The molecule has 0 saturated heterocycles. The number of imidazole rings is 1. The summed E-state index contributed by atoms with van der Waals surface area (Å²) in [6.45, 7) is 4.37. The van der Waals surface area contributed by atoms with Gasteiger partial charge in [-0.2, -0.15) is 5.10 Å². The maximum Gasteiger partial charge on any atom is 0.272 e. The molecule has 2 N–H and O–H groups in total. The zero-order valence-corrected chi connectivity index (χ0v) is 14.8. The monoisotopic (exact) mass is 332 g/mol. The average molecular weight is 332 g/mol. The average Bonchev–Trinajstić information content (AvgIpc) is 3.08. The Morgan fingerprint density at radius 1 is 1.50 bits per heavy atom. The van der Waals surface area contributed by atoms with Gasteiger partial charge in [0.25, 0.3) is 5.91 Å². The Kier molecular flexibility index (Phi) is 4.31. The molecule has 0 bridgehead atoms. The van der Waals surface area contributed by atoms with Gasteiger partial charge in [-0.15, -0.1) is 0 Å². The van der Waals surface area contributed by atoms with Gasteiger partial charge in [0.05, 0.1) is 36.3 Å². The van der Waals surface area contributed by atoms with E-state index in [0.29, 0.717) is 18.7 Å². The molecule has 1 amide bonds. The van der Waals surface area contributed by atoms with E-state index in [1.165, 1.54) is 0 Å². The number of nitrogens with one attached hydrogen (secondary N) is 2. The Hall–Kier alpha value is -2.35. The van der Waals surface area contributed by atoms with Gasteiger partial charge in [0.2, 0.25) is 5.95 Å². The minimum atomic E-state index is -0.179. The summed E-state index contributed by atoms with van der Waals surface area (Å²) in [5, 5.41) is 10.1. The number of hydrogen-bond acceptors (Lipinski definition) is 5. The zero-order valence-electron chi connectivity index (χ0n) is 14.8. The standard InChI is InChI=1S/C16H24N6O2/c1-9-6-12-13(10(2)24-9)19-20-14(12)15(23)17-7-11-8-18-16(21(3)4)22(11)5/h8-10H,6-7H2,1-5H3,(H,17,23)(H,19,20)/t9-,10+/m1/s1. The van der Waals surface area contributed by atoms with Gasteiger partial charge in [0.1, 0.15) is 0 Å². The van der Waals surface area contributed by atoms with Gasteiger partial charge < -0.3 is 19.5 Å². The molecule has 8 heteroatoms. The molecule has 0 aliphatic carbocycles. The van der Waals surface area contributed by atoms with Crippen molar-refractivity contribution in [3.8, 4) is 0 Å². The normalized spacial score (nSPS) is 19.9. The molecule has 0 aromatic carbocycles. The van der Waals surface area contributed by atoms with Crippen LogP contribution in [0.4, 0.5) is 5.95 Å². The fourth-order valence-electron chi connectivity index (χ4n) is 3.13. The highest BCUT2D eigenvalue weighted by Gasteiger charge is 2.29. The second-order valence-corrected chi connectivity index (χ2v) is 6.44. The predicted octanol–water partition coefficient (Wildman–Crippen LogP) is 1.16. The maximum atomic E-state index is 12.5. The van der Waals surface area contributed by atoms with Crippen molar-refractivity contribution < 1.29 is 9.53 Å². The molecular weight excluding hydrogens is 308 g/mol. The summed E-state index contributed by atoms with van der Waals surface area (Å²) in [5.74, 6) is 0.664. The van der Waals surface area contributed by atoms with Crippen molar-refractivity contribution in [2.75, 3.05) is 19.0 Å². The van der Waals surface area contributed by atoms with E-state index in [-0.39, 0.29) is 18.1 Å². The number of hydrogen-bond donors (Lipinski definition) is 2. The van der Waals surface area contributed by atoms with E-state index < -0.39 is 0 Å². The lowest BCUT2D eigenvalue weighted by atomic mass is 9.99. The van der Waals surface area contributed by atoms with Crippen LogP contribution in [0.15, 0.2) is 6.20 Å². The Bertz CT molecular complexity index is 748. The van der Waals surface area contributed by atoms with E-state index >= 15 is 0 Å². The summed E-state index contributed by atoms with van der Waals surface area (Å²) in [7, 11) is 5.80. The van der Waals surface area contributed by atoms with Crippen LogP contribution in [0.2, 0.25) is 0 Å². The van der Waals surface area contributed by atoms with Crippen LogP contribution in [0.25, 0.3) is 0 Å². The molecule has 0 radical (unpaired) electrons. The van der Waals surface area contributed by atoms with Crippen molar-refractivity contribution in [3.63, 3.8) is 0 Å². The molecular formula is C16H24N6O2. The minimum Gasteiger partial charge on any atom is -0.369 e. The number of ether oxygens (including phenoxy) is 1. The first-order chi connectivity index (χ1) is 11.4. The SMILES string of the molecule is C[C@@H]1Cc2c(C(=O)NCc3cnc(N(C)C)n3C)n[nH]c2[C@H](C)O1. The fraction of sp³-hybridized carbons (Fsp3) is 0.562. The van der Waals surface area contributed by atoms with E-state index in [9.17, 15) is 4.79 Å². The second-order valence-electron chi connectivity index (χ2n) is 6.44. The molecule has 0 fully saturated rings. The highest BCUT2D eigenvalue weighted by molar-refractivity contribution is 5.94. The first kappa shape index (κ1) is 16.5. The summed E-state index contributed by atoms with van der Waals surface area (Å²) >= 11 is 0. The summed E-state index contributed by atoms with van der Waals surface area (Å²) in [6, 6.07) is 0. The summed E-state index contributed by atoms with van der Waals surface area (Å²) in [5.41, 5.74) is 3.25. The van der Waals surface area contributed by atoms with Crippen LogP contribution in [0, 0.1) is 0 Å². The van der Waals surface area contributed by atoms with E-state index in [4.69, 9.17) is 4.74 Å². The van der Waals surface area contributed by atoms with Crippen molar-refractivity contribution in [1.82, 2.24) is 25.1 Å². The molecule has 2 aromatic heterocycles. The van der Waals surface area contributed by atoms with Gasteiger partial charge in [-0.25, -0.2) is 4.98 Å². The highest BCUT2D eigenvalue weighted by atomic mass is 16.5. The minimum absolute atomic E-state index is 0.0717. The maximum absolute atomic E-state index is 12.5. The van der Waals surface area contributed by atoms with E-state index in [0.717, 1.165) is 22.9 Å². The van der Waals surface area contributed by atoms with Gasteiger partial charge in [0.15, 0.2) is 5.69 Å². The number of aromatic nitrogens is 4. The molecule has 0 spiro atoms. The van der Waals surface area contributed by atoms with Crippen LogP contribution < -0.4 is 10.2 Å². The second kappa shape index (κ2) is 6.27. The summed E-state index contributed by atoms with van der Waals surface area (Å²) in [4.78, 5) is 18.8. The van der Waals surface area contributed by atoms with Crippen LogP contribution in [-0.2, 0) is 24.8 Å². The summed E-state index contributed by atoms with van der Waals surface area (Å²) in [6.07, 6.45) is 2.47. The molecule has 0 unspecified atom stereocenters. The smallest absolute Gasteiger partial charge is 0.272 e. The fourth-order valence-corrected chi connectivity index (χ4v) is 3.13.